The molecule has 130 valence electrons. The molecule has 2 aromatic rings. The number of carbonyl (C=O) groups is 1. The molecule has 0 aliphatic carbocycles. The van der Waals surface area contributed by atoms with Gasteiger partial charge in [0.2, 0.25) is 5.91 Å². The average Bonchev–Trinajstić information content (AvgIpc) is 2.98. The van der Waals surface area contributed by atoms with Crippen LogP contribution in [0.4, 0.5) is 0 Å². The van der Waals surface area contributed by atoms with Crippen LogP contribution in [-0.2, 0) is 22.7 Å². The van der Waals surface area contributed by atoms with Gasteiger partial charge in [0.1, 0.15) is 17.4 Å². The summed E-state index contributed by atoms with van der Waals surface area (Å²) in [5.41, 5.74) is 4.34. The predicted octanol–water partition coefficient (Wildman–Crippen LogP) is 2.18. The van der Waals surface area contributed by atoms with Crippen molar-refractivity contribution in [3.05, 3.63) is 45.9 Å². The number of benzene rings is 1. The minimum Gasteiger partial charge on any atom is -0.486 e. The Labute approximate surface area is 146 Å². The largest absolute Gasteiger partial charge is 0.486 e. The molecule has 6 nitrogen and oxygen atoms in total. The lowest BCUT2D eigenvalue weighted by molar-refractivity contribution is -0.133. The lowest BCUT2D eigenvalue weighted by atomic mass is 10.2. The highest BCUT2D eigenvalue weighted by Gasteiger charge is 2.08. The molecule has 7 heteroatoms. The number of carbonyl (C=O) groups excluding carboxylic acids is 1. The molecule has 0 radical (unpaired) electrons. The van der Waals surface area contributed by atoms with Crippen molar-refractivity contribution in [2.45, 2.75) is 20.0 Å². The van der Waals surface area contributed by atoms with E-state index < -0.39 is 0 Å². The summed E-state index contributed by atoms with van der Waals surface area (Å²) in [5.74, 6) is 0.606. The smallest absolute Gasteiger partial charge is 0.249 e. The number of nitrogens with one attached hydrogen (secondary N) is 1. The van der Waals surface area contributed by atoms with E-state index in [0.717, 1.165) is 23.0 Å². The summed E-state index contributed by atoms with van der Waals surface area (Å²) >= 11 is 1.48. The maximum Gasteiger partial charge on any atom is 0.249 e. The van der Waals surface area contributed by atoms with Gasteiger partial charge in [-0.2, -0.15) is 0 Å². The van der Waals surface area contributed by atoms with Crippen LogP contribution in [0.3, 0.4) is 0 Å². The Morgan fingerprint density at radius 2 is 2.04 bits per heavy atom. The molecular weight excluding hydrogens is 326 g/mol. The van der Waals surface area contributed by atoms with Crippen LogP contribution in [0.5, 0.6) is 5.75 Å². The number of hydrogen-bond donors (Lipinski definition) is 1. The molecule has 0 bridgehead atoms. The summed E-state index contributed by atoms with van der Waals surface area (Å²) in [4.78, 5) is 23.3. The van der Waals surface area contributed by atoms with Crippen molar-refractivity contribution in [3.8, 4) is 5.75 Å². The molecule has 1 aromatic carbocycles. The van der Waals surface area contributed by atoms with Gasteiger partial charge in [-0.15, -0.1) is 11.3 Å². The number of ether oxygens (including phenoxy) is 1. The first-order valence-electron chi connectivity index (χ1n) is 7.71. The molecule has 1 heterocycles. The van der Waals surface area contributed by atoms with Gasteiger partial charge < -0.3 is 9.64 Å². The molecule has 0 aliphatic heterocycles. The SMILES string of the molecule is Cc1ccc(OCc2nc(CC(=O)NOCCN(C)C)cs2)cc1. The Balaban J connectivity index is 1.72. The van der Waals surface area contributed by atoms with Crippen LogP contribution in [0.25, 0.3) is 0 Å². The van der Waals surface area contributed by atoms with E-state index in [4.69, 9.17) is 9.57 Å². The van der Waals surface area contributed by atoms with E-state index in [0.29, 0.717) is 13.2 Å². The van der Waals surface area contributed by atoms with Crippen molar-refractivity contribution in [1.82, 2.24) is 15.4 Å². The van der Waals surface area contributed by atoms with Crippen molar-refractivity contribution in [2.75, 3.05) is 27.2 Å². The number of rotatable bonds is 9. The zero-order valence-electron chi connectivity index (χ0n) is 14.2. The zero-order chi connectivity index (χ0) is 17.4. The highest BCUT2D eigenvalue weighted by Crippen LogP contribution is 2.16. The van der Waals surface area contributed by atoms with Crippen molar-refractivity contribution in [3.63, 3.8) is 0 Å². The summed E-state index contributed by atoms with van der Waals surface area (Å²) < 4.78 is 5.69. The Morgan fingerprint density at radius 3 is 2.75 bits per heavy atom. The minimum atomic E-state index is -0.204. The highest BCUT2D eigenvalue weighted by molar-refractivity contribution is 7.09. The maximum absolute atomic E-state index is 11.8. The van der Waals surface area contributed by atoms with Crippen LogP contribution >= 0.6 is 11.3 Å². The molecule has 0 fully saturated rings. The quantitative estimate of drug-likeness (QED) is 0.555. The standard InChI is InChI=1S/C17H23N3O3S/c1-13-4-6-15(7-5-13)22-11-17-18-14(12-24-17)10-16(21)19-23-9-8-20(2)3/h4-7,12H,8-11H2,1-3H3,(H,19,21). The van der Waals surface area contributed by atoms with E-state index in [9.17, 15) is 4.79 Å². The van der Waals surface area contributed by atoms with Gasteiger partial charge in [-0.25, -0.2) is 10.5 Å². The van der Waals surface area contributed by atoms with Crippen LogP contribution in [0.2, 0.25) is 0 Å². The van der Waals surface area contributed by atoms with Gasteiger partial charge in [0, 0.05) is 11.9 Å². The Hall–Kier alpha value is -1.96. The fourth-order valence-corrected chi connectivity index (χ4v) is 2.54. The molecule has 24 heavy (non-hydrogen) atoms. The molecular formula is C17H23N3O3S. The van der Waals surface area contributed by atoms with Crippen LogP contribution in [0.1, 0.15) is 16.3 Å². The third-order valence-corrected chi connectivity index (χ3v) is 4.02. The molecule has 1 N–H and O–H groups in total. The molecule has 0 saturated heterocycles. The molecule has 0 unspecified atom stereocenters. The number of thiazole rings is 1. The van der Waals surface area contributed by atoms with E-state index in [2.05, 4.69) is 10.5 Å². The van der Waals surface area contributed by atoms with Crippen LogP contribution in [0, 0.1) is 6.92 Å². The van der Waals surface area contributed by atoms with Crippen molar-refractivity contribution < 1.29 is 14.4 Å². The lowest BCUT2D eigenvalue weighted by Gasteiger charge is -2.09. The van der Waals surface area contributed by atoms with E-state index in [1.54, 1.807) is 0 Å². The van der Waals surface area contributed by atoms with Crippen LogP contribution in [-0.4, -0.2) is 43.0 Å². The first-order chi connectivity index (χ1) is 11.5. The van der Waals surface area contributed by atoms with Gasteiger partial charge in [0.15, 0.2) is 0 Å². The van der Waals surface area contributed by atoms with Crippen molar-refractivity contribution >= 4 is 17.2 Å². The highest BCUT2D eigenvalue weighted by atomic mass is 32.1. The second kappa shape index (κ2) is 9.36. The van der Waals surface area contributed by atoms with E-state index in [1.807, 2.05) is 55.6 Å². The van der Waals surface area contributed by atoms with Gasteiger partial charge in [-0.1, -0.05) is 17.7 Å². The van der Waals surface area contributed by atoms with Crippen molar-refractivity contribution in [2.24, 2.45) is 0 Å². The van der Waals surface area contributed by atoms with Gasteiger partial charge in [-0.3, -0.25) is 9.63 Å². The first kappa shape index (κ1) is 18.4. The van der Waals surface area contributed by atoms with Crippen LogP contribution < -0.4 is 10.2 Å². The summed E-state index contributed by atoms with van der Waals surface area (Å²) in [7, 11) is 3.89. The van der Waals surface area contributed by atoms with E-state index in [-0.39, 0.29) is 12.3 Å². The lowest BCUT2D eigenvalue weighted by Crippen LogP contribution is -2.29. The van der Waals surface area contributed by atoms with Gasteiger partial charge >= 0.3 is 0 Å². The van der Waals surface area contributed by atoms with Crippen LogP contribution in [0.15, 0.2) is 29.6 Å². The van der Waals surface area contributed by atoms with E-state index in [1.165, 1.54) is 16.9 Å². The zero-order valence-corrected chi connectivity index (χ0v) is 15.1. The topological polar surface area (TPSA) is 63.7 Å². The Bertz CT molecular complexity index is 641. The average molecular weight is 349 g/mol. The molecule has 1 aromatic heterocycles. The third kappa shape index (κ3) is 6.66. The predicted molar refractivity (Wildman–Crippen MR) is 94.0 cm³/mol. The number of amides is 1. The number of aryl methyl sites for hydroxylation is 1. The number of nitrogens with zero attached hydrogens (tertiary/aromatic N) is 2. The minimum absolute atomic E-state index is 0.197. The Morgan fingerprint density at radius 1 is 1.29 bits per heavy atom. The molecule has 2 rings (SSSR count). The van der Waals surface area contributed by atoms with Gasteiger partial charge in [0.25, 0.3) is 0 Å². The molecule has 0 atom stereocenters. The number of hydrogen-bond acceptors (Lipinski definition) is 6. The third-order valence-electron chi connectivity index (χ3n) is 3.15. The summed E-state index contributed by atoms with van der Waals surface area (Å²) in [5, 5.41) is 2.71. The molecule has 0 spiro atoms. The van der Waals surface area contributed by atoms with Gasteiger partial charge in [0.05, 0.1) is 18.7 Å². The number of likely N-dealkylation sites (N-methyl/N-ethyl adjacent to an activating group) is 1. The van der Waals surface area contributed by atoms with Crippen molar-refractivity contribution in [1.29, 1.82) is 0 Å². The molecule has 0 saturated carbocycles. The number of hydroxylamine groups is 1. The summed E-state index contributed by atoms with van der Waals surface area (Å²) in [6.45, 7) is 3.63. The van der Waals surface area contributed by atoms with Gasteiger partial charge in [-0.05, 0) is 33.2 Å². The maximum atomic E-state index is 11.8. The second-order valence-corrected chi connectivity index (χ2v) is 6.63. The fraction of sp³-hybridized carbons (Fsp3) is 0.412. The fourth-order valence-electron chi connectivity index (χ4n) is 1.84. The first-order valence-corrected chi connectivity index (χ1v) is 8.59. The summed E-state index contributed by atoms with van der Waals surface area (Å²) in [6.07, 6.45) is 0.197. The normalized spacial score (nSPS) is 10.8. The molecule has 1 amide bonds. The molecule has 0 aliphatic rings. The monoisotopic (exact) mass is 349 g/mol. The number of aromatic nitrogens is 1. The summed E-state index contributed by atoms with van der Waals surface area (Å²) in [6, 6.07) is 7.87. The Kier molecular flexibility index (Phi) is 7.17. The second-order valence-electron chi connectivity index (χ2n) is 5.69. The van der Waals surface area contributed by atoms with E-state index >= 15 is 0 Å².